The van der Waals surface area contributed by atoms with E-state index in [2.05, 4.69) is 28.1 Å². The van der Waals surface area contributed by atoms with Gasteiger partial charge in [0.1, 0.15) is 0 Å². The monoisotopic (exact) mass is 246 g/mol. The molecule has 98 valence electrons. The molecular weight excluding hydrogens is 224 g/mol. The van der Waals surface area contributed by atoms with Gasteiger partial charge in [-0.3, -0.25) is 4.90 Å². The van der Waals surface area contributed by atoms with E-state index in [1.807, 2.05) is 6.07 Å². The zero-order valence-electron chi connectivity index (χ0n) is 10.8. The van der Waals surface area contributed by atoms with Crippen LogP contribution in [0.2, 0.25) is 0 Å². The fraction of sp³-hybridized carbons (Fsp3) is 0.500. The summed E-state index contributed by atoms with van der Waals surface area (Å²) in [5.41, 5.74) is 13.3. The lowest BCUT2D eigenvalue weighted by Gasteiger charge is -2.27. The molecule has 1 aromatic carbocycles. The summed E-state index contributed by atoms with van der Waals surface area (Å²) in [4.78, 5) is 6.61. The number of guanidine groups is 1. The van der Waals surface area contributed by atoms with Gasteiger partial charge in [0.25, 0.3) is 0 Å². The van der Waals surface area contributed by atoms with Gasteiger partial charge in [0.2, 0.25) is 0 Å². The van der Waals surface area contributed by atoms with Crippen molar-refractivity contribution in [3.63, 3.8) is 0 Å². The van der Waals surface area contributed by atoms with Crippen LogP contribution in [0.4, 0.5) is 0 Å². The van der Waals surface area contributed by atoms with Gasteiger partial charge < -0.3 is 11.5 Å². The predicted octanol–water partition coefficient (Wildman–Crippen LogP) is 1.45. The summed E-state index contributed by atoms with van der Waals surface area (Å²) < 4.78 is 0. The number of likely N-dealkylation sites (tertiary alicyclic amines) is 1. The summed E-state index contributed by atoms with van der Waals surface area (Å²) in [5.74, 6) is 0.155. The Bertz CT molecular complexity index is 404. The fourth-order valence-electron chi connectivity index (χ4n) is 2.40. The van der Waals surface area contributed by atoms with E-state index in [1.54, 1.807) is 0 Å². The molecule has 0 aliphatic carbocycles. The Morgan fingerprint density at radius 2 is 1.72 bits per heavy atom. The van der Waals surface area contributed by atoms with Crippen LogP contribution >= 0.6 is 0 Å². The van der Waals surface area contributed by atoms with Crippen molar-refractivity contribution in [1.29, 1.82) is 0 Å². The molecule has 0 spiro atoms. The van der Waals surface area contributed by atoms with Gasteiger partial charge in [0, 0.05) is 6.54 Å². The van der Waals surface area contributed by atoms with Gasteiger partial charge in [-0.15, -0.1) is 0 Å². The molecule has 1 heterocycles. The first-order chi connectivity index (χ1) is 8.75. The van der Waals surface area contributed by atoms with Crippen LogP contribution in [0.25, 0.3) is 0 Å². The van der Waals surface area contributed by atoms with Gasteiger partial charge in [0.15, 0.2) is 5.96 Å². The summed E-state index contributed by atoms with van der Waals surface area (Å²) in [7, 11) is 0. The number of hydrogen-bond acceptors (Lipinski definition) is 2. The van der Waals surface area contributed by atoms with Crippen molar-refractivity contribution in [2.24, 2.45) is 16.5 Å². The van der Waals surface area contributed by atoms with Gasteiger partial charge in [-0.05, 0) is 37.1 Å². The van der Waals surface area contributed by atoms with E-state index in [-0.39, 0.29) is 5.96 Å². The molecule has 2 rings (SSSR count). The van der Waals surface area contributed by atoms with Gasteiger partial charge >= 0.3 is 0 Å². The molecule has 0 bridgehead atoms. The van der Waals surface area contributed by atoms with E-state index < -0.39 is 0 Å². The van der Waals surface area contributed by atoms with Gasteiger partial charge in [-0.25, -0.2) is 4.99 Å². The topological polar surface area (TPSA) is 67.6 Å². The molecule has 1 aromatic rings. The summed E-state index contributed by atoms with van der Waals surface area (Å²) >= 11 is 0. The molecule has 4 N–H and O–H groups in total. The second kappa shape index (κ2) is 6.40. The van der Waals surface area contributed by atoms with Crippen LogP contribution < -0.4 is 11.5 Å². The number of benzene rings is 1. The van der Waals surface area contributed by atoms with Crippen LogP contribution in [0.15, 0.2) is 29.3 Å². The maximum Gasteiger partial charge on any atom is 0.186 e. The average molecular weight is 246 g/mol. The average Bonchev–Trinajstić information content (AvgIpc) is 2.39. The SMILES string of the molecule is NC(N)=NCc1ccccc1CN1CCCCC1. The maximum atomic E-state index is 5.39. The largest absolute Gasteiger partial charge is 0.370 e. The van der Waals surface area contributed by atoms with E-state index >= 15 is 0 Å². The lowest BCUT2D eigenvalue weighted by atomic mass is 10.1. The van der Waals surface area contributed by atoms with E-state index in [4.69, 9.17) is 11.5 Å². The molecule has 0 radical (unpaired) electrons. The summed E-state index contributed by atoms with van der Waals surface area (Å²) in [6.07, 6.45) is 4.00. The van der Waals surface area contributed by atoms with Gasteiger partial charge in [-0.1, -0.05) is 30.7 Å². The Morgan fingerprint density at radius 1 is 1.06 bits per heavy atom. The summed E-state index contributed by atoms with van der Waals surface area (Å²) in [6.45, 7) is 4.00. The Hall–Kier alpha value is -1.55. The van der Waals surface area contributed by atoms with Crippen molar-refractivity contribution < 1.29 is 0 Å². The highest BCUT2D eigenvalue weighted by atomic mass is 15.1. The molecule has 1 saturated heterocycles. The van der Waals surface area contributed by atoms with Crippen molar-refractivity contribution in [1.82, 2.24) is 4.90 Å². The van der Waals surface area contributed by atoms with E-state index in [9.17, 15) is 0 Å². The van der Waals surface area contributed by atoms with Crippen molar-refractivity contribution in [3.8, 4) is 0 Å². The Kier molecular flexibility index (Phi) is 4.59. The highest BCUT2D eigenvalue weighted by Gasteiger charge is 2.11. The Labute approximate surface area is 109 Å². The lowest BCUT2D eigenvalue weighted by molar-refractivity contribution is 0.220. The number of nitrogens with zero attached hydrogens (tertiary/aromatic N) is 2. The highest BCUT2D eigenvalue weighted by Crippen LogP contribution is 2.16. The molecule has 4 nitrogen and oxygen atoms in total. The predicted molar refractivity (Wildman–Crippen MR) is 75.1 cm³/mol. The zero-order chi connectivity index (χ0) is 12.8. The van der Waals surface area contributed by atoms with Crippen LogP contribution in [0.3, 0.4) is 0 Å². The van der Waals surface area contributed by atoms with Crippen LogP contribution in [-0.2, 0) is 13.1 Å². The maximum absolute atomic E-state index is 5.39. The molecule has 0 aromatic heterocycles. The van der Waals surface area contributed by atoms with Crippen molar-refractivity contribution in [3.05, 3.63) is 35.4 Å². The minimum atomic E-state index is 0.155. The zero-order valence-corrected chi connectivity index (χ0v) is 10.8. The molecule has 1 aliphatic rings. The second-order valence-corrected chi connectivity index (χ2v) is 4.85. The molecule has 0 atom stereocenters. The summed E-state index contributed by atoms with van der Waals surface area (Å²) in [6, 6.07) is 8.40. The first-order valence-electron chi connectivity index (χ1n) is 6.60. The van der Waals surface area contributed by atoms with Crippen molar-refractivity contribution >= 4 is 5.96 Å². The normalized spacial score (nSPS) is 16.4. The minimum Gasteiger partial charge on any atom is -0.370 e. The summed E-state index contributed by atoms with van der Waals surface area (Å²) in [5, 5.41) is 0. The number of nitrogens with two attached hydrogens (primary N) is 2. The number of hydrogen-bond donors (Lipinski definition) is 2. The van der Waals surface area contributed by atoms with Crippen LogP contribution in [0.5, 0.6) is 0 Å². The highest BCUT2D eigenvalue weighted by molar-refractivity contribution is 5.75. The fourth-order valence-corrected chi connectivity index (χ4v) is 2.40. The third-order valence-corrected chi connectivity index (χ3v) is 3.39. The second-order valence-electron chi connectivity index (χ2n) is 4.85. The molecular formula is C14H22N4. The third kappa shape index (κ3) is 3.74. The molecule has 18 heavy (non-hydrogen) atoms. The third-order valence-electron chi connectivity index (χ3n) is 3.39. The van der Waals surface area contributed by atoms with Crippen LogP contribution in [0, 0.1) is 0 Å². The molecule has 4 heteroatoms. The van der Waals surface area contributed by atoms with Crippen LogP contribution in [-0.4, -0.2) is 23.9 Å². The van der Waals surface area contributed by atoms with Crippen molar-refractivity contribution in [2.75, 3.05) is 13.1 Å². The Balaban J connectivity index is 2.04. The Morgan fingerprint density at radius 3 is 2.39 bits per heavy atom. The quantitative estimate of drug-likeness (QED) is 0.624. The van der Waals surface area contributed by atoms with Crippen LogP contribution in [0.1, 0.15) is 30.4 Å². The minimum absolute atomic E-state index is 0.155. The standard InChI is InChI=1S/C14H22N4/c15-14(16)17-10-12-6-2-3-7-13(12)11-18-8-4-1-5-9-18/h2-3,6-7H,1,4-5,8-11H2,(H4,15,16,17). The number of piperidine rings is 1. The van der Waals surface area contributed by atoms with Gasteiger partial charge in [0.05, 0.1) is 6.54 Å². The molecule has 1 aliphatic heterocycles. The molecule has 1 fully saturated rings. The van der Waals surface area contributed by atoms with E-state index in [0.717, 1.165) is 6.54 Å². The molecule has 0 amide bonds. The molecule has 0 unspecified atom stereocenters. The van der Waals surface area contributed by atoms with Crippen molar-refractivity contribution in [2.45, 2.75) is 32.4 Å². The smallest absolute Gasteiger partial charge is 0.186 e. The van der Waals surface area contributed by atoms with E-state index in [1.165, 1.54) is 43.5 Å². The number of rotatable bonds is 4. The lowest BCUT2D eigenvalue weighted by Crippen LogP contribution is -2.29. The first-order valence-corrected chi connectivity index (χ1v) is 6.60. The first kappa shape index (κ1) is 12.9. The van der Waals surface area contributed by atoms with Gasteiger partial charge in [-0.2, -0.15) is 0 Å². The number of aliphatic imine (C=N–C) groups is 1. The molecule has 0 saturated carbocycles. The van der Waals surface area contributed by atoms with E-state index in [0.29, 0.717) is 6.54 Å².